The van der Waals surface area contributed by atoms with Crippen molar-refractivity contribution in [3.63, 3.8) is 0 Å². The Morgan fingerprint density at radius 2 is 1.71 bits per heavy atom. The van der Waals surface area contributed by atoms with Crippen molar-refractivity contribution in [3.05, 3.63) is 53.6 Å². The summed E-state index contributed by atoms with van der Waals surface area (Å²) in [6.45, 7) is 3.61. The van der Waals surface area contributed by atoms with Gasteiger partial charge in [0.25, 0.3) is 0 Å². The van der Waals surface area contributed by atoms with Gasteiger partial charge in [-0.1, -0.05) is 18.2 Å². The molecule has 0 unspecified atom stereocenters. The van der Waals surface area contributed by atoms with Crippen LogP contribution in [0.3, 0.4) is 0 Å². The first-order chi connectivity index (χ1) is 13.4. The molecule has 148 valence electrons. The maximum absolute atomic E-state index is 12.2. The van der Waals surface area contributed by atoms with Crippen molar-refractivity contribution >= 4 is 23.2 Å². The van der Waals surface area contributed by atoms with Gasteiger partial charge in [0.2, 0.25) is 11.8 Å². The molecular weight excluding hydrogens is 358 g/mol. The minimum Gasteiger partial charge on any atom is -0.497 e. The third-order valence-electron chi connectivity index (χ3n) is 3.94. The zero-order chi connectivity index (χ0) is 20.5. The molecule has 0 saturated heterocycles. The number of hydrogen-bond donors (Lipinski definition) is 2. The van der Waals surface area contributed by atoms with Crippen molar-refractivity contribution < 1.29 is 19.1 Å². The summed E-state index contributed by atoms with van der Waals surface area (Å²) in [6, 6.07) is 12.8. The van der Waals surface area contributed by atoms with Crippen LogP contribution in [0.5, 0.6) is 11.5 Å². The van der Waals surface area contributed by atoms with Crippen LogP contribution in [-0.2, 0) is 16.0 Å². The first kappa shape index (κ1) is 21.0. The molecule has 0 spiro atoms. The predicted octanol–water partition coefficient (Wildman–Crippen LogP) is 3.08. The van der Waals surface area contributed by atoms with E-state index in [0.29, 0.717) is 17.1 Å². The van der Waals surface area contributed by atoms with Crippen molar-refractivity contribution in [1.82, 2.24) is 5.43 Å². The van der Waals surface area contributed by atoms with Crippen LogP contribution in [0.15, 0.2) is 47.6 Å². The van der Waals surface area contributed by atoms with Gasteiger partial charge in [-0.25, -0.2) is 5.43 Å². The number of hydrogen-bond acceptors (Lipinski definition) is 5. The van der Waals surface area contributed by atoms with Gasteiger partial charge in [-0.05, 0) is 49.2 Å². The number of nitrogens with zero attached hydrogens (tertiary/aromatic N) is 1. The number of carbonyl (C=O) groups is 2. The van der Waals surface area contributed by atoms with Crippen LogP contribution in [0.25, 0.3) is 0 Å². The highest BCUT2D eigenvalue weighted by Gasteiger charge is 2.10. The molecule has 0 aliphatic heterocycles. The van der Waals surface area contributed by atoms with Gasteiger partial charge in [0.15, 0.2) is 0 Å². The minimum atomic E-state index is -0.259. The number of amides is 2. The van der Waals surface area contributed by atoms with Gasteiger partial charge < -0.3 is 14.8 Å². The van der Waals surface area contributed by atoms with E-state index in [2.05, 4.69) is 15.8 Å². The highest BCUT2D eigenvalue weighted by atomic mass is 16.5. The number of benzene rings is 2. The van der Waals surface area contributed by atoms with E-state index in [1.807, 2.05) is 31.2 Å². The molecule has 0 aliphatic carbocycles. The maximum Gasteiger partial charge on any atom is 0.244 e. The summed E-state index contributed by atoms with van der Waals surface area (Å²) in [5.41, 5.74) is 5.42. The minimum absolute atomic E-state index is 0.0555. The van der Waals surface area contributed by atoms with Gasteiger partial charge in [0, 0.05) is 5.71 Å². The molecule has 0 saturated carbocycles. The van der Waals surface area contributed by atoms with Crippen molar-refractivity contribution in [2.75, 3.05) is 19.5 Å². The number of aryl methyl sites for hydroxylation is 1. The Morgan fingerprint density at radius 1 is 1.00 bits per heavy atom. The lowest BCUT2D eigenvalue weighted by Gasteiger charge is -2.11. The fourth-order valence-corrected chi connectivity index (χ4v) is 2.51. The topological polar surface area (TPSA) is 89.0 Å². The Balaban J connectivity index is 1.86. The van der Waals surface area contributed by atoms with Crippen LogP contribution in [0.4, 0.5) is 5.69 Å². The monoisotopic (exact) mass is 383 g/mol. The first-order valence-electron chi connectivity index (χ1n) is 8.80. The molecule has 2 aromatic carbocycles. The quantitative estimate of drug-likeness (QED) is 0.542. The van der Waals surface area contributed by atoms with Gasteiger partial charge in [0.05, 0.1) is 32.7 Å². The molecule has 0 aliphatic rings. The van der Waals surface area contributed by atoms with E-state index in [4.69, 9.17) is 9.47 Å². The average molecular weight is 383 g/mol. The van der Waals surface area contributed by atoms with E-state index in [-0.39, 0.29) is 24.7 Å². The van der Waals surface area contributed by atoms with Crippen LogP contribution in [0.2, 0.25) is 0 Å². The fourth-order valence-electron chi connectivity index (χ4n) is 2.51. The summed E-state index contributed by atoms with van der Waals surface area (Å²) in [5.74, 6) is 0.815. The Bertz CT molecular complexity index is 860. The molecule has 2 rings (SSSR count). The van der Waals surface area contributed by atoms with E-state index < -0.39 is 0 Å². The normalized spacial score (nSPS) is 10.9. The van der Waals surface area contributed by atoms with Gasteiger partial charge in [-0.15, -0.1) is 0 Å². The highest BCUT2D eigenvalue weighted by Crippen LogP contribution is 2.25. The van der Waals surface area contributed by atoms with Gasteiger partial charge in [0.1, 0.15) is 11.5 Å². The van der Waals surface area contributed by atoms with E-state index >= 15 is 0 Å². The molecular formula is C21H25N3O4. The molecule has 2 amide bonds. The molecule has 0 heterocycles. The summed E-state index contributed by atoms with van der Waals surface area (Å²) in [7, 11) is 3.13. The molecule has 0 bridgehead atoms. The second kappa shape index (κ2) is 10.1. The first-order valence-corrected chi connectivity index (χ1v) is 8.80. The van der Waals surface area contributed by atoms with Gasteiger partial charge in [-0.2, -0.15) is 5.10 Å². The maximum atomic E-state index is 12.2. The lowest BCUT2D eigenvalue weighted by atomic mass is 10.1. The zero-order valence-electron chi connectivity index (χ0n) is 16.5. The van der Waals surface area contributed by atoms with Crippen molar-refractivity contribution in [2.45, 2.75) is 26.7 Å². The number of hydrazone groups is 1. The number of carbonyl (C=O) groups excluding carboxylic acids is 2. The SMILES string of the molecule is COc1ccc(CC(=O)N/N=C(\C)CC(=O)Nc2cc(C)ccc2OC)cc1. The van der Waals surface area contributed by atoms with Crippen molar-refractivity contribution in [3.8, 4) is 11.5 Å². The Morgan fingerprint density at radius 3 is 2.36 bits per heavy atom. The highest BCUT2D eigenvalue weighted by molar-refractivity contribution is 6.06. The average Bonchev–Trinajstić information content (AvgIpc) is 2.67. The van der Waals surface area contributed by atoms with E-state index in [1.54, 1.807) is 39.3 Å². The molecule has 0 radical (unpaired) electrons. The van der Waals surface area contributed by atoms with Crippen LogP contribution < -0.4 is 20.2 Å². The zero-order valence-corrected chi connectivity index (χ0v) is 16.5. The molecule has 7 nitrogen and oxygen atoms in total. The summed E-state index contributed by atoms with van der Waals surface area (Å²) >= 11 is 0. The molecule has 7 heteroatoms. The van der Waals surface area contributed by atoms with Crippen LogP contribution >= 0.6 is 0 Å². The lowest BCUT2D eigenvalue weighted by molar-refractivity contribution is -0.120. The molecule has 2 N–H and O–H groups in total. The second-order valence-corrected chi connectivity index (χ2v) is 6.34. The van der Waals surface area contributed by atoms with Crippen molar-refractivity contribution in [2.24, 2.45) is 5.10 Å². The Labute approximate surface area is 164 Å². The van der Waals surface area contributed by atoms with E-state index in [9.17, 15) is 9.59 Å². The lowest BCUT2D eigenvalue weighted by Crippen LogP contribution is -2.23. The summed E-state index contributed by atoms with van der Waals surface area (Å²) in [5, 5.41) is 6.80. The van der Waals surface area contributed by atoms with Gasteiger partial charge in [-0.3, -0.25) is 9.59 Å². The van der Waals surface area contributed by atoms with E-state index in [0.717, 1.165) is 16.9 Å². The number of ether oxygens (including phenoxy) is 2. The smallest absolute Gasteiger partial charge is 0.244 e. The summed E-state index contributed by atoms with van der Waals surface area (Å²) < 4.78 is 10.3. The van der Waals surface area contributed by atoms with Crippen LogP contribution in [0, 0.1) is 6.92 Å². The largest absolute Gasteiger partial charge is 0.497 e. The van der Waals surface area contributed by atoms with Crippen LogP contribution in [0.1, 0.15) is 24.5 Å². The summed E-state index contributed by atoms with van der Waals surface area (Å²) in [4.78, 5) is 24.2. The number of methoxy groups -OCH3 is 2. The summed E-state index contributed by atoms with van der Waals surface area (Å²) in [6.07, 6.45) is 0.243. The van der Waals surface area contributed by atoms with Crippen molar-refractivity contribution in [1.29, 1.82) is 0 Å². The number of nitrogens with one attached hydrogen (secondary N) is 2. The van der Waals surface area contributed by atoms with Crippen LogP contribution in [-0.4, -0.2) is 31.7 Å². The number of anilines is 1. The standard InChI is InChI=1S/C21H25N3O4/c1-14-5-10-19(28-4)18(11-14)22-20(25)12-15(2)23-24-21(26)13-16-6-8-17(27-3)9-7-16/h5-11H,12-13H2,1-4H3,(H,22,25)(H,24,26)/b23-15+. The van der Waals surface area contributed by atoms with Gasteiger partial charge >= 0.3 is 0 Å². The molecule has 2 aromatic rings. The number of rotatable bonds is 8. The molecule has 0 aromatic heterocycles. The van der Waals surface area contributed by atoms with E-state index in [1.165, 1.54) is 0 Å². The fraction of sp³-hybridized carbons (Fsp3) is 0.286. The second-order valence-electron chi connectivity index (χ2n) is 6.34. The molecule has 0 fully saturated rings. The Hall–Kier alpha value is -3.35. The molecule has 0 atom stereocenters. The molecule has 28 heavy (non-hydrogen) atoms. The third-order valence-corrected chi connectivity index (χ3v) is 3.94. The Kier molecular flexibility index (Phi) is 7.56. The third kappa shape index (κ3) is 6.42. The predicted molar refractivity (Wildman–Crippen MR) is 109 cm³/mol.